The molecular formula is C100H182Fe3N6O5P3+. The van der Waals surface area contributed by atoms with Crippen molar-refractivity contribution in [2.45, 2.75) is 299 Å². The zero-order chi connectivity index (χ0) is 80.7. The third-order valence-corrected chi connectivity index (χ3v) is 35.2. The molecular weight excluding hydrogens is 1630 g/mol. The molecule has 680 valence electrons. The number of hydrogen-bond acceptors (Lipinski definition) is 11. The van der Waals surface area contributed by atoms with Crippen molar-refractivity contribution in [2.75, 3.05) is 119 Å². The van der Waals surface area contributed by atoms with Crippen LogP contribution in [0.2, 0.25) is 0 Å². The molecule has 10 rings (SSSR count). The summed E-state index contributed by atoms with van der Waals surface area (Å²) in [4.78, 5) is 14.1. The second-order valence-electron chi connectivity index (χ2n) is 36.0. The molecule has 0 aromatic heterocycles. The van der Waals surface area contributed by atoms with Crippen molar-refractivity contribution >= 4 is 44.9 Å². The summed E-state index contributed by atoms with van der Waals surface area (Å²) in [6, 6.07) is 23.2. The van der Waals surface area contributed by atoms with Gasteiger partial charge in [0.25, 0.3) is 0 Å². The Morgan fingerprint density at radius 2 is 0.504 bits per heavy atom. The van der Waals surface area contributed by atoms with Crippen LogP contribution in [-0.2, 0) is 55.8 Å². The monoisotopic (exact) mass is 1810 g/mol. The Kier molecular flexibility index (Phi) is 64.5. The summed E-state index contributed by atoms with van der Waals surface area (Å²) in [6.45, 7) is 35.9. The number of nitrogens with zero attached hydrogens (tertiary/aromatic N) is 6. The van der Waals surface area contributed by atoms with Crippen LogP contribution in [0, 0.1) is 141 Å². The molecule has 4 aromatic carbocycles. The zero-order valence-electron chi connectivity index (χ0n) is 82.5. The Labute approximate surface area is 763 Å². The van der Waals surface area contributed by atoms with Crippen LogP contribution in [0.1, 0.15) is 235 Å². The summed E-state index contributed by atoms with van der Waals surface area (Å²) in [6.07, 6.45) is 30.1. The third-order valence-electron chi connectivity index (χ3n) is 26.9. The summed E-state index contributed by atoms with van der Waals surface area (Å²) >= 11 is 0. The maximum atomic E-state index is 12.3. The van der Waals surface area contributed by atoms with E-state index in [2.05, 4.69) is 273 Å². The van der Waals surface area contributed by atoms with Crippen LogP contribution in [0.25, 0.3) is 0 Å². The first-order valence-corrected chi connectivity index (χ1v) is 46.9. The van der Waals surface area contributed by atoms with Gasteiger partial charge in [-0.3, -0.25) is 0 Å². The first-order valence-electron chi connectivity index (χ1n) is 42.6. The predicted molar refractivity (Wildman–Crippen MR) is 516 cm³/mol. The van der Waals surface area contributed by atoms with Gasteiger partial charge in [0, 0.05) is 42.2 Å². The topological polar surface area (TPSA) is 73.4 Å². The molecule has 117 heavy (non-hydrogen) atoms. The van der Waals surface area contributed by atoms with Gasteiger partial charge in [-0.1, -0.05) is 69.8 Å². The van der Waals surface area contributed by atoms with Gasteiger partial charge >= 0.3 is 59.0 Å². The van der Waals surface area contributed by atoms with Crippen LogP contribution >= 0.6 is 23.6 Å². The fourth-order valence-corrected chi connectivity index (χ4v) is 29.0. The molecule has 13 atom stereocenters. The predicted octanol–water partition coefficient (Wildman–Crippen LogP) is 23.6. The molecule has 0 aliphatic heterocycles. The maximum absolute atomic E-state index is 12.3. The Bertz CT molecular complexity index is 2900. The van der Waals surface area contributed by atoms with Gasteiger partial charge in [-0.2, -0.15) is 0 Å². The van der Waals surface area contributed by atoms with Crippen LogP contribution < -0.4 is 40.2 Å². The van der Waals surface area contributed by atoms with E-state index in [0.717, 1.165) is 65.0 Å². The van der Waals surface area contributed by atoms with E-state index < -0.39 is 23.6 Å². The fraction of sp³-hybridized carbons (Fsp3) is 0.700. The minimum Gasteiger partial charge on any atom is -0.496 e. The molecule has 0 bridgehead atoms. The molecule has 6 aliphatic rings. The van der Waals surface area contributed by atoms with Crippen LogP contribution in [0.3, 0.4) is 0 Å². The van der Waals surface area contributed by atoms with Crippen molar-refractivity contribution < 1.29 is 74.7 Å². The van der Waals surface area contributed by atoms with Gasteiger partial charge in [-0.05, 0) is 442 Å². The van der Waals surface area contributed by atoms with Crippen molar-refractivity contribution in [2.24, 2.45) is 41.4 Å². The molecule has 0 saturated heterocycles. The molecule has 0 spiro atoms. The molecule has 0 radical (unpaired) electrons. The van der Waals surface area contributed by atoms with Crippen molar-refractivity contribution in [3.8, 4) is 23.0 Å². The number of methoxy groups -OCH3 is 4. The van der Waals surface area contributed by atoms with Crippen molar-refractivity contribution in [3.63, 3.8) is 0 Å². The summed E-state index contributed by atoms with van der Waals surface area (Å²) in [5.74, 6) is 9.67. The summed E-state index contributed by atoms with van der Waals surface area (Å²) < 4.78 is 35.1. The van der Waals surface area contributed by atoms with E-state index in [-0.39, 0.29) is 95.8 Å². The van der Waals surface area contributed by atoms with Crippen LogP contribution in [0.15, 0.2) is 48.5 Å². The standard InChI is InChI=1S/2C27H40NO2P.C13H27NOP.3C9H19N.6CH3.3Fe/c2*1-17-13-22(14-18(2)26(17)29-8)31(23-15-19(3)27(30-9)20(4)16-23)25-12-10-11-24(25)21(5)28(6)7;1-10(2)9-16(15)13-8-6-7-12(13)11(3)14(4)5;3*1-8(10(2)3)9-6-4-5-7-9;;;;;;;;;/h2*13-16,21,24-25H,10-12H2,1-9H3;10-13H,6-9H2,1-5H3;3*8-9H,4-7H2,1-3H3;6*1H3;;;/q;;+1;;;;6*-1;3*+2/t2*21-,24?,25?;11-,12?,13?;3*8-;;;;;;;;;/m000000........./s1. The summed E-state index contributed by atoms with van der Waals surface area (Å²) in [7, 11) is 31.4. The maximum Gasteiger partial charge on any atom is 2.00 e. The average Bonchev–Trinajstić information content (AvgIpc) is 1.77. The van der Waals surface area contributed by atoms with E-state index in [0.29, 0.717) is 58.8 Å². The van der Waals surface area contributed by atoms with E-state index in [1.54, 1.807) is 28.4 Å². The van der Waals surface area contributed by atoms with Crippen molar-refractivity contribution in [3.05, 3.63) is 138 Å². The van der Waals surface area contributed by atoms with E-state index in [1.165, 1.54) is 201 Å². The fourth-order valence-electron chi connectivity index (χ4n) is 19.4. The van der Waals surface area contributed by atoms with Gasteiger partial charge in [0.15, 0.2) is 5.66 Å². The largest absolute Gasteiger partial charge is 2.00 e. The number of aryl methyl sites for hydroxylation is 8. The normalized spacial score (nSPS) is 20.6. The molecule has 17 heteroatoms. The minimum absolute atomic E-state index is 0. The molecule has 0 N–H and O–H groups in total. The molecule has 11 nitrogen and oxygen atoms in total. The molecule has 0 heterocycles. The first kappa shape index (κ1) is 124. The molecule has 6 saturated carbocycles. The van der Waals surface area contributed by atoms with Gasteiger partial charge in [0.2, 0.25) is 0 Å². The molecule has 6 aliphatic carbocycles. The van der Waals surface area contributed by atoms with Gasteiger partial charge in [-0.15, -0.1) is 0 Å². The van der Waals surface area contributed by atoms with E-state index in [1.807, 2.05) is 0 Å². The van der Waals surface area contributed by atoms with Gasteiger partial charge in [0.1, 0.15) is 29.2 Å². The Morgan fingerprint density at radius 1 is 0.308 bits per heavy atom. The number of benzene rings is 4. The smallest absolute Gasteiger partial charge is 0.496 e. The summed E-state index contributed by atoms with van der Waals surface area (Å²) in [5.41, 5.74) is 11.8. The number of hydrogen-bond donors (Lipinski definition) is 0. The van der Waals surface area contributed by atoms with Crippen LogP contribution in [0.5, 0.6) is 23.0 Å². The van der Waals surface area contributed by atoms with E-state index in [9.17, 15) is 4.57 Å². The van der Waals surface area contributed by atoms with E-state index >= 15 is 0 Å². The number of rotatable bonds is 25. The minimum atomic E-state index is -0.994. The Morgan fingerprint density at radius 3 is 0.701 bits per heavy atom. The first-order chi connectivity index (χ1) is 51.0. The number of ether oxygens (including phenoxy) is 4. The molecule has 6 fully saturated rings. The van der Waals surface area contributed by atoms with Crippen molar-refractivity contribution in [1.29, 1.82) is 0 Å². The van der Waals surface area contributed by atoms with Crippen molar-refractivity contribution in [1.82, 2.24) is 29.4 Å². The molecule has 7 unspecified atom stereocenters. The van der Waals surface area contributed by atoms with Crippen LogP contribution in [-0.4, -0.2) is 202 Å². The Hall–Kier alpha value is -1.64. The summed E-state index contributed by atoms with van der Waals surface area (Å²) in [5, 5.41) is 5.94. The third kappa shape index (κ3) is 35.6. The second kappa shape index (κ2) is 60.9. The SMILES string of the molecule is CC(C)C[P+](=O)C1CCCC1[C@H](C)N(C)C.COc1c(C)cc(P(c2cc(C)c(OC)c(C)c2)C2CCCC2[C@H](C)N(C)C)cc1C.COc1c(C)cc(P(c2cc(C)c(OC)c(C)c2)C2CCCC2[C@H](C)N(C)C)cc1C.C[C@@H](C1CCCC1)N(C)C.C[C@@H](C1CCCC1)N(C)C.C[C@@H](C1CCCC1)N(C)C.[CH3-].[CH3-].[CH3-].[CH3-].[CH3-].[CH3-].[Fe+2].[Fe+2].[Fe+2]. The van der Waals surface area contributed by atoms with Gasteiger partial charge < -0.3 is 92.9 Å². The molecule has 4 aromatic rings. The average molecular weight is 1810 g/mol. The zero-order valence-corrected chi connectivity index (χ0v) is 88.5. The van der Waals surface area contributed by atoms with Gasteiger partial charge in [0.05, 0.1) is 28.4 Å². The van der Waals surface area contributed by atoms with Crippen LogP contribution in [0.4, 0.5) is 0 Å². The second-order valence-corrected chi connectivity index (χ2v) is 42.8. The molecule has 0 amide bonds. The van der Waals surface area contributed by atoms with E-state index in [4.69, 9.17) is 18.9 Å². The quantitative estimate of drug-likeness (QED) is 0.0362. The van der Waals surface area contributed by atoms with Gasteiger partial charge in [-0.25, -0.2) is 0 Å². The Balaban J connectivity index is -0.000000450.